The Bertz CT molecular complexity index is 645. The van der Waals surface area contributed by atoms with Crippen molar-refractivity contribution in [3.05, 3.63) is 59.7 Å². The molecule has 2 heterocycles. The standard InChI is InChI=1S/C18H23N3O3/c1-3-16(13-22)21(11-14-6-5-9-19-10-14)12-15-7-4-8-17(20-15)18(23)24-2/h4-10,16,22H,3,11-13H2,1-2H3. The molecule has 0 spiro atoms. The van der Waals surface area contributed by atoms with E-state index < -0.39 is 5.97 Å². The Labute approximate surface area is 142 Å². The maximum Gasteiger partial charge on any atom is 0.356 e. The van der Waals surface area contributed by atoms with Gasteiger partial charge in [-0.15, -0.1) is 0 Å². The van der Waals surface area contributed by atoms with Gasteiger partial charge >= 0.3 is 5.97 Å². The van der Waals surface area contributed by atoms with Crippen LogP contribution in [-0.2, 0) is 17.8 Å². The Morgan fingerprint density at radius 1 is 1.29 bits per heavy atom. The summed E-state index contributed by atoms with van der Waals surface area (Å²) in [6, 6.07) is 9.19. The van der Waals surface area contributed by atoms with Gasteiger partial charge in [0.2, 0.25) is 0 Å². The summed E-state index contributed by atoms with van der Waals surface area (Å²) in [5.74, 6) is -0.454. The van der Waals surface area contributed by atoms with Gasteiger partial charge in [-0.3, -0.25) is 9.88 Å². The van der Waals surface area contributed by atoms with E-state index in [1.54, 1.807) is 18.3 Å². The highest BCUT2D eigenvalue weighted by Gasteiger charge is 2.18. The Kier molecular flexibility index (Phi) is 6.84. The fraction of sp³-hybridized carbons (Fsp3) is 0.389. The van der Waals surface area contributed by atoms with Gasteiger partial charge in [-0.1, -0.05) is 19.1 Å². The van der Waals surface area contributed by atoms with E-state index >= 15 is 0 Å². The highest BCUT2D eigenvalue weighted by Crippen LogP contribution is 2.14. The molecular formula is C18H23N3O3. The van der Waals surface area contributed by atoms with Crippen molar-refractivity contribution in [2.45, 2.75) is 32.5 Å². The Morgan fingerprint density at radius 2 is 2.12 bits per heavy atom. The lowest BCUT2D eigenvalue weighted by Crippen LogP contribution is -2.37. The van der Waals surface area contributed by atoms with E-state index in [-0.39, 0.29) is 18.3 Å². The second-order valence-electron chi connectivity index (χ2n) is 5.52. The van der Waals surface area contributed by atoms with Crippen LogP contribution in [0, 0.1) is 0 Å². The molecule has 0 saturated heterocycles. The minimum absolute atomic E-state index is 0.00814. The normalized spacial score (nSPS) is 12.2. The summed E-state index contributed by atoms with van der Waals surface area (Å²) in [5.41, 5.74) is 2.11. The van der Waals surface area contributed by atoms with Crippen LogP contribution in [0.5, 0.6) is 0 Å². The first-order valence-electron chi connectivity index (χ1n) is 7.96. The molecule has 0 aliphatic rings. The van der Waals surface area contributed by atoms with Crippen molar-refractivity contribution >= 4 is 5.97 Å². The smallest absolute Gasteiger partial charge is 0.356 e. The van der Waals surface area contributed by atoms with Crippen molar-refractivity contribution in [2.24, 2.45) is 0 Å². The number of esters is 1. The number of methoxy groups -OCH3 is 1. The van der Waals surface area contributed by atoms with E-state index in [1.165, 1.54) is 7.11 Å². The van der Waals surface area contributed by atoms with Gasteiger partial charge in [0.15, 0.2) is 0 Å². The van der Waals surface area contributed by atoms with Crippen LogP contribution in [0.25, 0.3) is 0 Å². The first-order valence-corrected chi connectivity index (χ1v) is 7.96. The average Bonchev–Trinajstić information content (AvgIpc) is 2.63. The molecule has 0 aliphatic heterocycles. The number of aromatic nitrogens is 2. The fourth-order valence-electron chi connectivity index (χ4n) is 2.54. The molecule has 128 valence electrons. The number of rotatable bonds is 8. The second-order valence-corrected chi connectivity index (χ2v) is 5.52. The zero-order chi connectivity index (χ0) is 17.4. The zero-order valence-corrected chi connectivity index (χ0v) is 14.1. The van der Waals surface area contributed by atoms with Gasteiger partial charge in [0.05, 0.1) is 19.4 Å². The molecule has 0 radical (unpaired) electrons. The number of ether oxygens (including phenoxy) is 1. The molecule has 6 nitrogen and oxygen atoms in total. The number of hydrogen-bond acceptors (Lipinski definition) is 6. The molecule has 24 heavy (non-hydrogen) atoms. The van der Waals surface area contributed by atoms with E-state index in [0.717, 1.165) is 17.7 Å². The minimum atomic E-state index is -0.454. The summed E-state index contributed by atoms with van der Waals surface area (Å²) < 4.78 is 4.72. The van der Waals surface area contributed by atoms with Gasteiger partial charge in [-0.05, 0) is 30.2 Å². The molecule has 0 bridgehead atoms. The molecule has 2 aromatic heterocycles. The molecule has 0 aromatic carbocycles. The van der Waals surface area contributed by atoms with E-state index in [9.17, 15) is 9.90 Å². The largest absolute Gasteiger partial charge is 0.464 e. The Hall–Kier alpha value is -2.31. The van der Waals surface area contributed by atoms with Crippen molar-refractivity contribution < 1.29 is 14.6 Å². The second kappa shape index (κ2) is 9.10. The number of aliphatic hydroxyl groups excluding tert-OH is 1. The third-order valence-electron chi connectivity index (χ3n) is 3.87. The third-order valence-corrected chi connectivity index (χ3v) is 3.87. The van der Waals surface area contributed by atoms with Crippen LogP contribution in [0.3, 0.4) is 0 Å². The summed E-state index contributed by atoms with van der Waals surface area (Å²) in [6.45, 7) is 3.28. The molecule has 0 saturated carbocycles. The van der Waals surface area contributed by atoms with Gasteiger partial charge in [0.25, 0.3) is 0 Å². The molecule has 1 N–H and O–H groups in total. The molecular weight excluding hydrogens is 306 g/mol. The monoisotopic (exact) mass is 329 g/mol. The highest BCUT2D eigenvalue weighted by molar-refractivity contribution is 5.87. The molecule has 2 rings (SSSR count). The predicted molar refractivity (Wildman–Crippen MR) is 90.2 cm³/mol. The summed E-state index contributed by atoms with van der Waals surface area (Å²) >= 11 is 0. The lowest BCUT2D eigenvalue weighted by atomic mass is 10.1. The number of aliphatic hydroxyl groups is 1. The molecule has 6 heteroatoms. The Balaban J connectivity index is 2.20. The quantitative estimate of drug-likeness (QED) is 0.747. The number of nitrogens with zero attached hydrogens (tertiary/aromatic N) is 3. The predicted octanol–water partition coefficient (Wildman–Crippen LogP) is 2.04. The minimum Gasteiger partial charge on any atom is -0.464 e. The topological polar surface area (TPSA) is 75.5 Å². The van der Waals surface area contributed by atoms with E-state index in [1.807, 2.05) is 31.3 Å². The van der Waals surface area contributed by atoms with Crippen LogP contribution < -0.4 is 0 Å². The maximum absolute atomic E-state index is 11.6. The first kappa shape index (κ1) is 18.0. The fourth-order valence-corrected chi connectivity index (χ4v) is 2.54. The van der Waals surface area contributed by atoms with Gasteiger partial charge < -0.3 is 9.84 Å². The van der Waals surface area contributed by atoms with Crippen LogP contribution in [0.15, 0.2) is 42.7 Å². The SMILES string of the molecule is CCC(CO)N(Cc1cccnc1)Cc1cccc(C(=O)OC)n1. The number of carbonyl (C=O) groups is 1. The van der Waals surface area contributed by atoms with Crippen LogP contribution in [0.4, 0.5) is 0 Å². The van der Waals surface area contributed by atoms with Crippen LogP contribution in [-0.4, -0.2) is 45.7 Å². The summed E-state index contributed by atoms with van der Waals surface area (Å²) in [4.78, 5) is 22.3. The van der Waals surface area contributed by atoms with E-state index in [0.29, 0.717) is 13.1 Å². The first-order chi connectivity index (χ1) is 11.7. The van der Waals surface area contributed by atoms with Crippen molar-refractivity contribution in [1.29, 1.82) is 0 Å². The highest BCUT2D eigenvalue weighted by atomic mass is 16.5. The van der Waals surface area contributed by atoms with Gasteiger partial charge in [-0.25, -0.2) is 9.78 Å². The number of carbonyl (C=O) groups excluding carboxylic acids is 1. The maximum atomic E-state index is 11.6. The molecule has 1 atom stereocenters. The lowest BCUT2D eigenvalue weighted by Gasteiger charge is -2.29. The van der Waals surface area contributed by atoms with Crippen LogP contribution in [0.1, 0.15) is 35.1 Å². The summed E-state index contributed by atoms with van der Waals surface area (Å²) in [7, 11) is 1.34. The van der Waals surface area contributed by atoms with Gasteiger partial charge in [-0.2, -0.15) is 0 Å². The molecule has 2 aromatic rings. The summed E-state index contributed by atoms with van der Waals surface area (Å²) in [6.07, 6.45) is 4.36. The van der Waals surface area contributed by atoms with Crippen molar-refractivity contribution in [3.8, 4) is 0 Å². The average molecular weight is 329 g/mol. The van der Waals surface area contributed by atoms with Crippen LogP contribution >= 0.6 is 0 Å². The molecule has 0 fully saturated rings. The number of hydrogen-bond donors (Lipinski definition) is 1. The van der Waals surface area contributed by atoms with E-state index in [2.05, 4.69) is 14.9 Å². The molecule has 0 aliphatic carbocycles. The molecule has 1 unspecified atom stereocenters. The lowest BCUT2D eigenvalue weighted by molar-refractivity contribution is 0.0592. The summed E-state index contributed by atoms with van der Waals surface area (Å²) in [5, 5.41) is 9.68. The number of pyridine rings is 2. The van der Waals surface area contributed by atoms with Gasteiger partial charge in [0.1, 0.15) is 5.69 Å². The zero-order valence-electron chi connectivity index (χ0n) is 14.1. The van der Waals surface area contributed by atoms with Crippen LogP contribution in [0.2, 0.25) is 0 Å². The van der Waals surface area contributed by atoms with Gasteiger partial charge in [0, 0.05) is 31.5 Å². The molecule has 0 amide bonds. The van der Waals surface area contributed by atoms with Crippen molar-refractivity contribution in [3.63, 3.8) is 0 Å². The van der Waals surface area contributed by atoms with E-state index in [4.69, 9.17) is 4.74 Å². The Morgan fingerprint density at radius 3 is 2.75 bits per heavy atom. The van der Waals surface area contributed by atoms with Crippen molar-refractivity contribution in [1.82, 2.24) is 14.9 Å². The third kappa shape index (κ3) is 4.84. The van der Waals surface area contributed by atoms with Crippen molar-refractivity contribution in [2.75, 3.05) is 13.7 Å².